The van der Waals surface area contributed by atoms with Gasteiger partial charge >= 0.3 is 5.69 Å². The van der Waals surface area contributed by atoms with Gasteiger partial charge in [-0.15, -0.1) is 0 Å². The molecule has 8 nitrogen and oxygen atoms in total. The Morgan fingerprint density at radius 1 is 1.29 bits per heavy atom. The Morgan fingerprint density at radius 3 is 2.71 bits per heavy atom. The van der Waals surface area contributed by atoms with Crippen LogP contribution in [-0.2, 0) is 13.1 Å². The Balaban J connectivity index is 1.72. The second-order valence-electron chi connectivity index (χ2n) is 7.03. The number of nitrogens with one attached hydrogen (secondary N) is 1. The molecule has 0 atom stereocenters. The van der Waals surface area contributed by atoms with E-state index in [4.69, 9.17) is 0 Å². The first-order valence-corrected chi connectivity index (χ1v) is 9.41. The zero-order valence-electron chi connectivity index (χ0n) is 15.6. The fourth-order valence-electron chi connectivity index (χ4n) is 3.32. The number of aryl methyl sites for hydroxylation is 1. The van der Waals surface area contributed by atoms with Gasteiger partial charge in [-0.1, -0.05) is 6.92 Å². The summed E-state index contributed by atoms with van der Waals surface area (Å²) < 4.78 is 1.43. The minimum atomic E-state index is -0.526. The molecule has 4 rings (SSSR count). The van der Waals surface area contributed by atoms with E-state index in [1.807, 2.05) is 24.0 Å². The number of nitrogens with zero attached hydrogens (tertiary/aromatic N) is 4. The second-order valence-corrected chi connectivity index (χ2v) is 7.03. The van der Waals surface area contributed by atoms with Crippen LogP contribution in [0.15, 0.2) is 46.4 Å². The zero-order chi connectivity index (χ0) is 19.7. The maximum absolute atomic E-state index is 13.2. The largest absolute Gasteiger partial charge is 0.331 e. The van der Waals surface area contributed by atoms with E-state index in [0.717, 1.165) is 24.8 Å². The van der Waals surface area contributed by atoms with Crippen molar-refractivity contribution in [3.05, 3.63) is 68.8 Å². The maximum atomic E-state index is 13.2. The van der Waals surface area contributed by atoms with Gasteiger partial charge in [0.15, 0.2) is 0 Å². The summed E-state index contributed by atoms with van der Waals surface area (Å²) >= 11 is 0. The number of carbonyl (C=O) groups is 1. The van der Waals surface area contributed by atoms with Crippen molar-refractivity contribution in [2.45, 2.75) is 45.3 Å². The Labute approximate surface area is 160 Å². The first-order chi connectivity index (χ1) is 13.6. The van der Waals surface area contributed by atoms with E-state index < -0.39 is 11.2 Å². The van der Waals surface area contributed by atoms with Crippen molar-refractivity contribution in [2.24, 2.45) is 0 Å². The summed E-state index contributed by atoms with van der Waals surface area (Å²) in [6.45, 7) is 2.87. The van der Waals surface area contributed by atoms with Gasteiger partial charge in [0.05, 0.1) is 10.9 Å². The quantitative estimate of drug-likeness (QED) is 0.702. The van der Waals surface area contributed by atoms with Gasteiger partial charge in [0.25, 0.3) is 11.5 Å². The number of amides is 1. The van der Waals surface area contributed by atoms with Gasteiger partial charge in [-0.25, -0.2) is 9.78 Å². The Kier molecular flexibility index (Phi) is 4.77. The van der Waals surface area contributed by atoms with Crippen LogP contribution in [0.25, 0.3) is 11.0 Å². The lowest BCUT2D eigenvalue weighted by Gasteiger charge is -2.22. The van der Waals surface area contributed by atoms with Crippen LogP contribution in [0.1, 0.15) is 42.1 Å². The van der Waals surface area contributed by atoms with Crippen molar-refractivity contribution >= 4 is 16.9 Å². The number of hydrogen-bond donors (Lipinski definition) is 1. The van der Waals surface area contributed by atoms with Crippen molar-refractivity contribution in [1.29, 1.82) is 0 Å². The lowest BCUT2D eigenvalue weighted by Crippen LogP contribution is -2.34. The summed E-state index contributed by atoms with van der Waals surface area (Å²) in [5, 5.41) is 0.249. The minimum absolute atomic E-state index is 0.165. The molecule has 1 fully saturated rings. The molecule has 1 N–H and O–H groups in total. The highest BCUT2D eigenvalue weighted by molar-refractivity contribution is 5.97. The molecule has 8 heteroatoms. The molecule has 0 bridgehead atoms. The smallest absolute Gasteiger partial charge is 0.329 e. The molecule has 3 aromatic heterocycles. The van der Waals surface area contributed by atoms with E-state index in [9.17, 15) is 14.4 Å². The Morgan fingerprint density at radius 2 is 2.04 bits per heavy atom. The van der Waals surface area contributed by atoms with Crippen LogP contribution >= 0.6 is 0 Å². The maximum Gasteiger partial charge on any atom is 0.329 e. The van der Waals surface area contributed by atoms with E-state index in [0.29, 0.717) is 24.3 Å². The Bertz CT molecular complexity index is 1130. The number of aromatic amines is 1. The second kappa shape index (κ2) is 7.38. The normalized spacial score (nSPS) is 13.6. The van der Waals surface area contributed by atoms with Crippen LogP contribution < -0.4 is 11.2 Å². The average Bonchev–Trinajstić information content (AvgIpc) is 3.54. The molecule has 0 saturated heterocycles. The summed E-state index contributed by atoms with van der Waals surface area (Å²) in [7, 11) is 0. The van der Waals surface area contributed by atoms with Gasteiger partial charge < -0.3 is 4.90 Å². The van der Waals surface area contributed by atoms with Gasteiger partial charge in [0.2, 0.25) is 0 Å². The third kappa shape index (κ3) is 3.45. The molecule has 3 heterocycles. The van der Waals surface area contributed by atoms with Gasteiger partial charge in [-0.2, -0.15) is 0 Å². The number of carbonyl (C=O) groups excluding carboxylic acids is 1. The van der Waals surface area contributed by atoms with Crippen molar-refractivity contribution in [2.75, 3.05) is 0 Å². The average molecular weight is 379 g/mol. The number of fused-ring (bicyclic) bond motifs is 1. The molecule has 0 radical (unpaired) electrons. The molecule has 0 aromatic carbocycles. The van der Waals surface area contributed by atoms with Crippen LogP contribution in [0.5, 0.6) is 0 Å². The molecule has 1 aliphatic carbocycles. The summed E-state index contributed by atoms with van der Waals surface area (Å²) in [4.78, 5) is 49.9. The molecule has 1 saturated carbocycles. The highest BCUT2D eigenvalue weighted by Crippen LogP contribution is 2.30. The molecule has 1 aliphatic rings. The SMILES string of the molecule is CCCn1c(=O)[nH]c(=O)c2cc(C(=O)N(Cc3ccncc3)C3CC3)cnc21. The lowest BCUT2D eigenvalue weighted by molar-refractivity contribution is 0.0729. The Hall–Kier alpha value is -3.29. The number of rotatable bonds is 6. The van der Waals surface area contributed by atoms with Crippen LogP contribution in [0.3, 0.4) is 0 Å². The lowest BCUT2D eigenvalue weighted by atomic mass is 10.1. The standard InChI is InChI=1S/C20H21N5O3/c1-2-9-24-17-16(18(26)23-20(24)28)10-14(11-22-17)19(27)25(15-3-4-15)12-13-5-7-21-8-6-13/h5-8,10-11,15H,2-4,9,12H2,1H3,(H,23,26,28). The van der Waals surface area contributed by atoms with Gasteiger partial charge in [-0.05, 0) is 43.0 Å². The van der Waals surface area contributed by atoms with Crippen LogP contribution in [0, 0.1) is 0 Å². The molecular weight excluding hydrogens is 358 g/mol. The van der Waals surface area contributed by atoms with Crippen molar-refractivity contribution < 1.29 is 4.79 Å². The summed E-state index contributed by atoms with van der Waals surface area (Å²) in [6, 6.07) is 5.51. The van der Waals surface area contributed by atoms with E-state index in [1.54, 1.807) is 12.4 Å². The van der Waals surface area contributed by atoms with Gasteiger partial charge in [0.1, 0.15) is 5.65 Å². The highest BCUT2D eigenvalue weighted by Gasteiger charge is 2.33. The summed E-state index contributed by atoms with van der Waals surface area (Å²) in [6.07, 6.45) is 7.52. The minimum Gasteiger partial charge on any atom is -0.331 e. The molecule has 0 aliphatic heterocycles. The number of aromatic nitrogens is 4. The van der Waals surface area contributed by atoms with Gasteiger partial charge in [-0.3, -0.25) is 24.1 Å². The predicted octanol–water partition coefficient (Wildman–Crippen LogP) is 1.69. The van der Waals surface area contributed by atoms with E-state index >= 15 is 0 Å². The first-order valence-electron chi connectivity index (χ1n) is 9.41. The molecule has 1 amide bonds. The van der Waals surface area contributed by atoms with Crippen molar-refractivity contribution in [1.82, 2.24) is 24.4 Å². The van der Waals surface area contributed by atoms with Crippen LogP contribution in [0.2, 0.25) is 0 Å². The highest BCUT2D eigenvalue weighted by atomic mass is 16.2. The first kappa shape index (κ1) is 18.1. The third-order valence-electron chi connectivity index (χ3n) is 4.88. The van der Waals surface area contributed by atoms with Crippen molar-refractivity contribution in [3.8, 4) is 0 Å². The third-order valence-corrected chi connectivity index (χ3v) is 4.88. The van der Waals surface area contributed by atoms with Crippen molar-refractivity contribution in [3.63, 3.8) is 0 Å². The van der Waals surface area contributed by atoms with E-state index in [-0.39, 0.29) is 17.3 Å². The predicted molar refractivity (Wildman–Crippen MR) is 104 cm³/mol. The summed E-state index contributed by atoms with van der Waals surface area (Å²) in [5.74, 6) is -0.165. The van der Waals surface area contributed by atoms with Crippen LogP contribution in [-0.4, -0.2) is 36.4 Å². The van der Waals surface area contributed by atoms with E-state index in [2.05, 4.69) is 15.0 Å². The molecule has 3 aromatic rings. The molecule has 0 spiro atoms. The fraction of sp³-hybridized carbons (Fsp3) is 0.350. The fourth-order valence-corrected chi connectivity index (χ4v) is 3.32. The molecule has 28 heavy (non-hydrogen) atoms. The van der Waals surface area contributed by atoms with E-state index in [1.165, 1.54) is 16.8 Å². The van der Waals surface area contributed by atoms with Gasteiger partial charge in [0, 0.05) is 37.7 Å². The topological polar surface area (TPSA) is 101 Å². The molecular formula is C20H21N5O3. The zero-order valence-corrected chi connectivity index (χ0v) is 15.6. The summed E-state index contributed by atoms with van der Waals surface area (Å²) in [5.41, 5.74) is 0.642. The molecule has 0 unspecified atom stereocenters. The number of H-pyrrole nitrogens is 1. The molecule has 144 valence electrons. The van der Waals surface area contributed by atoms with Crippen LogP contribution in [0.4, 0.5) is 0 Å². The number of hydrogen-bond acceptors (Lipinski definition) is 5. The number of pyridine rings is 2. The monoisotopic (exact) mass is 379 g/mol.